The summed E-state index contributed by atoms with van der Waals surface area (Å²) in [6.07, 6.45) is 0. The summed E-state index contributed by atoms with van der Waals surface area (Å²) >= 11 is 0. The molecule has 2 amide bonds. The van der Waals surface area contributed by atoms with E-state index >= 15 is 0 Å². The summed E-state index contributed by atoms with van der Waals surface area (Å²) in [5.74, 6) is -3.23. The van der Waals surface area contributed by atoms with Gasteiger partial charge in [0.15, 0.2) is 6.04 Å². The number of hydrogen-bond acceptors (Lipinski definition) is 3. The van der Waals surface area contributed by atoms with E-state index in [1.54, 1.807) is 12.1 Å². The van der Waals surface area contributed by atoms with E-state index < -0.39 is 29.6 Å². The van der Waals surface area contributed by atoms with Crippen LogP contribution in [0.5, 0.6) is 0 Å². The summed E-state index contributed by atoms with van der Waals surface area (Å²) in [6.45, 7) is 0. The Bertz CT molecular complexity index is 750. The monoisotopic (exact) mass is 299 g/mol. The maximum Gasteiger partial charge on any atom is 0.331 e. The van der Waals surface area contributed by atoms with Crippen molar-refractivity contribution in [3.63, 3.8) is 0 Å². The Hall–Kier alpha value is -3.02. The lowest BCUT2D eigenvalue weighted by atomic mass is 10.1. The van der Waals surface area contributed by atoms with Gasteiger partial charge in [0.05, 0.1) is 11.1 Å². The van der Waals surface area contributed by atoms with Crippen LogP contribution < -0.4 is 0 Å². The first-order chi connectivity index (χ1) is 10.5. The summed E-state index contributed by atoms with van der Waals surface area (Å²) in [5, 5.41) is 9.43. The minimum atomic E-state index is -1.49. The van der Waals surface area contributed by atoms with Gasteiger partial charge in [-0.3, -0.25) is 14.5 Å². The van der Waals surface area contributed by atoms with Crippen molar-refractivity contribution in [2.75, 3.05) is 0 Å². The molecule has 6 heteroatoms. The number of imide groups is 1. The second-order valence-electron chi connectivity index (χ2n) is 4.82. The SMILES string of the molecule is O=C(O)C(c1ccc(F)cc1)N1C(=O)c2ccccc2C1=O. The van der Waals surface area contributed by atoms with Crippen LogP contribution in [-0.4, -0.2) is 27.8 Å². The average Bonchev–Trinajstić information content (AvgIpc) is 2.75. The third kappa shape index (κ3) is 2.05. The van der Waals surface area contributed by atoms with Crippen LogP contribution in [0.3, 0.4) is 0 Å². The molecule has 0 bridgehead atoms. The number of fused-ring (bicyclic) bond motifs is 1. The molecular weight excluding hydrogens is 289 g/mol. The lowest BCUT2D eigenvalue weighted by molar-refractivity contribution is -0.141. The van der Waals surface area contributed by atoms with Crippen LogP contribution in [0.2, 0.25) is 0 Å². The highest BCUT2D eigenvalue weighted by Gasteiger charge is 2.43. The molecule has 0 saturated carbocycles. The predicted octanol–water partition coefficient (Wildman–Crippen LogP) is 2.25. The Balaban J connectivity index is 2.08. The van der Waals surface area contributed by atoms with Crippen LogP contribution >= 0.6 is 0 Å². The molecule has 0 aliphatic carbocycles. The topological polar surface area (TPSA) is 74.7 Å². The fourth-order valence-electron chi connectivity index (χ4n) is 2.49. The standard InChI is InChI=1S/C16H10FNO4/c17-10-7-5-9(6-8-10)13(16(21)22)18-14(19)11-3-1-2-4-12(11)15(18)20/h1-8,13H,(H,21,22). The number of aliphatic carboxylic acids is 1. The molecule has 1 aliphatic rings. The number of carbonyl (C=O) groups excluding carboxylic acids is 2. The highest BCUT2D eigenvalue weighted by molar-refractivity contribution is 6.22. The third-order valence-corrected chi connectivity index (χ3v) is 3.50. The summed E-state index contributed by atoms with van der Waals surface area (Å²) in [4.78, 5) is 37.0. The first-order valence-electron chi connectivity index (χ1n) is 6.46. The molecule has 1 heterocycles. The van der Waals surface area contributed by atoms with Crippen molar-refractivity contribution in [3.05, 3.63) is 71.0 Å². The molecule has 2 aromatic rings. The van der Waals surface area contributed by atoms with Gasteiger partial charge in [0.1, 0.15) is 5.82 Å². The smallest absolute Gasteiger partial charge is 0.331 e. The predicted molar refractivity (Wildman–Crippen MR) is 73.7 cm³/mol. The van der Waals surface area contributed by atoms with Crippen LogP contribution in [0.15, 0.2) is 48.5 Å². The van der Waals surface area contributed by atoms with Gasteiger partial charge in [-0.15, -0.1) is 0 Å². The molecule has 0 saturated heterocycles. The van der Waals surface area contributed by atoms with E-state index in [0.717, 1.165) is 12.1 Å². The number of rotatable bonds is 3. The Morgan fingerprint density at radius 3 is 1.91 bits per heavy atom. The van der Waals surface area contributed by atoms with Gasteiger partial charge in [-0.05, 0) is 29.8 Å². The Labute approximate surface area is 124 Å². The number of amides is 2. The molecule has 1 atom stereocenters. The molecule has 3 rings (SSSR count). The lowest BCUT2D eigenvalue weighted by Gasteiger charge is -2.22. The van der Waals surface area contributed by atoms with Crippen molar-refractivity contribution in [1.29, 1.82) is 0 Å². The molecule has 0 aromatic heterocycles. The molecule has 0 spiro atoms. The maximum absolute atomic E-state index is 13.0. The van der Waals surface area contributed by atoms with Gasteiger partial charge in [-0.25, -0.2) is 9.18 Å². The van der Waals surface area contributed by atoms with E-state index in [1.807, 2.05) is 0 Å². The van der Waals surface area contributed by atoms with Gasteiger partial charge in [0, 0.05) is 0 Å². The summed E-state index contributed by atoms with van der Waals surface area (Å²) in [5.41, 5.74) is 0.491. The fraction of sp³-hybridized carbons (Fsp3) is 0.0625. The van der Waals surface area contributed by atoms with E-state index in [0.29, 0.717) is 4.90 Å². The largest absolute Gasteiger partial charge is 0.479 e. The van der Waals surface area contributed by atoms with Gasteiger partial charge in [-0.1, -0.05) is 24.3 Å². The van der Waals surface area contributed by atoms with Gasteiger partial charge >= 0.3 is 5.97 Å². The van der Waals surface area contributed by atoms with Gasteiger partial charge in [0.25, 0.3) is 11.8 Å². The molecule has 0 radical (unpaired) electrons. The Morgan fingerprint density at radius 2 is 1.45 bits per heavy atom. The fourth-order valence-corrected chi connectivity index (χ4v) is 2.49. The number of benzene rings is 2. The first-order valence-corrected chi connectivity index (χ1v) is 6.46. The summed E-state index contributed by atoms with van der Waals surface area (Å²) in [6, 6.07) is 9.32. The van der Waals surface area contributed by atoms with Crippen molar-refractivity contribution in [2.24, 2.45) is 0 Å². The van der Waals surface area contributed by atoms with Crippen LogP contribution in [0.4, 0.5) is 4.39 Å². The van der Waals surface area contributed by atoms with Gasteiger partial charge < -0.3 is 5.11 Å². The maximum atomic E-state index is 13.0. The zero-order valence-corrected chi connectivity index (χ0v) is 11.2. The van der Waals surface area contributed by atoms with E-state index in [1.165, 1.54) is 24.3 Å². The number of carboxylic acids is 1. The molecule has 5 nitrogen and oxygen atoms in total. The highest BCUT2D eigenvalue weighted by atomic mass is 19.1. The number of hydrogen-bond donors (Lipinski definition) is 1. The number of carboxylic acid groups (broad SMARTS) is 1. The van der Waals surface area contributed by atoms with Crippen LogP contribution in [0.25, 0.3) is 0 Å². The molecule has 110 valence electrons. The van der Waals surface area contributed by atoms with E-state index in [4.69, 9.17) is 0 Å². The zero-order chi connectivity index (χ0) is 15.9. The zero-order valence-electron chi connectivity index (χ0n) is 11.2. The lowest BCUT2D eigenvalue weighted by Crippen LogP contribution is -2.38. The Morgan fingerprint density at radius 1 is 0.955 bits per heavy atom. The second-order valence-corrected chi connectivity index (χ2v) is 4.82. The van der Waals surface area contributed by atoms with Crippen molar-refractivity contribution >= 4 is 17.8 Å². The summed E-state index contributed by atoms with van der Waals surface area (Å²) < 4.78 is 13.0. The minimum absolute atomic E-state index is 0.156. The quantitative estimate of drug-likeness (QED) is 0.882. The molecular formula is C16H10FNO4. The molecule has 1 unspecified atom stereocenters. The van der Waals surface area contributed by atoms with Gasteiger partial charge in [-0.2, -0.15) is 0 Å². The Kier molecular flexibility index (Phi) is 3.21. The van der Waals surface area contributed by atoms with E-state index in [-0.39, 0.29) is 16.7 Å². The second kappa shape index (κ2) is 5.07. The molecule has 0 fully saturated rings. The van der Waals surface area contributed by atoms with Crippen LogP contribution in [0.1, 0.15) is 32.3 Å². The van der Waals surface area contributed by atoms with Crippen LogP contribution in [-0.2, 0) is 4.79 Å². The van der Waals surface area contributed by atoms with Gasteiger partial charge in [0.2, 0.25) is 0 Å². The molecule has 1 N–H and O–H groups in total. The van der Waals surface area contributed by atoms with Crippen molar-refractivity contribution in [1.82, 2.24) is 4.90 Å². The first kappa shape index (κ1) is 13.9. The van der Waals surface area contributed by atoms with Crippen molar-refractivity contribution < 1.29 is 23.9 Å². The average molecular weight is 299 g/mol. The molecule has 22 heavy (non-hydrogen) atoms. The minimum Gasteiger partial charge on any atom is -0.479 e. The van der Waals surface area contributed by atoms with Crippen LogP contribution in [0, 0.1) is 5.82 Å². The van der Waals surface area contributed by atoms with E-state index in [2.05, 4.69) is 0 Å². The summed E-state index contributed by atoms with van der Waals surface area (Å²) in [7, 11) is 0. The molecule has 1 aliphatic heterocycles. The molecule has 2 aromatic carbocycles. The number of nitrogens with zero attached hydrogens (tertiary/aromatic N) is 1. The number of halogens is 1. The van der Waals surface area contributed by atoms with E-state index in [9.17, 15) is 23.9 Å². The normalized spacial score (nSPS) is 14.9. The third-order valence-electron chi connectivity index (χ3n) is 3.50. The highest BCUT2D eigenvalue weighted by Crippen LogP contribution is 2.31. The van der Waals surface area contributed by atoms with Crippen molar-refractivity contribution in [2.45, 2.75) is 6.04 Å². The number of carbonyl (C=O) groups is 3. The van der Waals surface area contributed by atoms with Crippen molar-refractivity contribution in [3.8, 4) is 0 Å².